The quantitative estimate of drug-likeness (QED) is 0.507. The number of hydrogen-bond acceptors (Lipinski definition) is 2. The maximum Gasteiger partial charge on any atom is 0.254 e. The van der Waals surface area contributed by atoms with E-state index in [-0.39, 0.29) is 17.5 Å². The summed E-state index contributed by atoms with van der Waals surface area (Å²) in [6.45, 7) is 0. The Morgan fingerprint density at radius 2 is 1.59 bits per heavy atom. The molecule has 0 bridgehead atoms. The average molecular weight is 427 g/mol. The third-order valence-corrected chi connectivity index (χ3v) is 6.24. The molecule has 1 aliphatic heterocycles. The summed E-state index contributed by atoms with van der Waals surface area (Å²) in [7, 11) is 3.66. The summed E-state index contributed by atoms with van der Waals surface area (Å²) >= 11 is 0. The van der Waals surface area contributed by atoms with E-state index in [1.165, 1.54) is 12.1 Å². The van der Waals surface area contributed by atoms with Crippen molar-refractivity contribution in [3.05, 3.63) is 102 Å². The number of amides is 2. The lowest BCUT2D eigenvalue weighted by molar-refractivity contribution is -0.119. The van der Waals surface area contributed by atoms with Crippen molar-refractivity contribution >= 4 is 28.4 Å². The Balaban J connectivity index is 1.69. The minimum absolute atomic E-state index is 0.117. The topological polar surface area (TPSA) is 54.3 Å². The number of anilines is 1. The van der Waals surface area contributed by atoms with Crippen LogP contribution < -0.4 is 5.32 Å². The standard InChI is InChI=1S/C26H22FN3O2/c1-29-15-19(16-9-5-8-14-22(16)29)24-23(25(31)28-21-13-7-6-12-20(21)27)17-10-3-4-11-18(17)26(32)30(24)2/h3-15,23-24H,1-2H3,(H,28,31)/t23-,24+/m1/s1. The molecule has 0 radical (unpaired) electrons. The van der Waals surface area contributed by atoms with Crippen LogP contribution in [0.4, 0.5) is 10.1 Å². The number of fused-ring (bicyclic) bond motifs is 2. The van der Waals surface area contributed by atoms with Gasteiger partial charge in [0.15, 0.2) is 0 Å². The molecule has 1 aromatic heterocycles. The fraction of sp³-hybridized carbons (Fsp3) is 0.154. The van der Waals surface area contributed by atoms with Crippen LogP contribution in [0, 0.1) is 5.82 Å². The molecular formula is C26H22FN3O2. The molecule has 0 unspecified atom stereocenters. The van der Waals surface area contributed by atoms with Crippen LogP contribution in [-0.2, 0) is 11.8 Å². The molecule has 3 aromatic carbocycles. The number of nitrogens with zero attached hydrogens (tertiary/aromatic N) is 2. The maximum absolute atomic E-state index is 14.3. The zero-order chi connectivity index (χ0) is 22.4. The Morgan fingerprint density at radius 3 is 2.41 bits per heavy atom. The lowest BCUT2D eigenvalue weighted by Crippen LogP contribution is -2.44. The zero-order valence-electron chi connectivity index (χ0n) is 17.7. The highest BCUT2D eigenvalue weighted by Crippen LogP contribution is 2.44. The molecule has 0 saturated heterocycles. The Hall–Kier alpha value is -3.93. The Labute approximate surface area is 185 Å². The van der Waals surface area contributed by atoms with Gasteiger partial charge in [0.1, 0.15) is 5.82 Å². The molecule has 0 saturated carbocycles. The first-order valence-electron chi connectivity index (χ1n) is 10.4. The Morgan fingerprint density at radius 1 is 0.906 bits per heavy atom. The summed E-state index contributed by atoms with van der Waals surface area (Å²) in [6.07, 6.45) is 1.97. The van der Waals surface area contributed by atoms with Gasteiger partial charge in [-0.05, 0) is 29.8 Å². The predicted octanol–water partition coefficient (Wildman–Crippen LogP) is 4.87. The monoisotopic (exact) mass is 427 g/mol. The first-order chi connectivity index (χ1) is 15.5. The number of benzene rings is 3. The maximum atomic E-state index is 14.3. The minimum atomic E-state index is -0.709. The second-order valence-electron chi connectivity index (χ2n) is 8.11. The lowest BCUT2D eigenvalue weighted by Gasteiger charge is -2.39. The van der Waals surface area contributed by atoms with Crippen molar-refractivity contribution in [1.82, 2.24) is 9.47 Å². The Kier molecular flexibility index (Phi) is 4.78. The van der Waals surface area contributed by atoms with Gasteiger partial charge < -0.3 is 14.8 Å². The van der Waals surface area contributed by atoms with E-state index in [9.17, 15) is 14.0 Å². The van der Waals surface area contributed by atoms with Gasteiger partial charge in [-0.25, -0.2) is 4.39 Å². The summed E-state index contributed by atoms with van der Waals surface area (Å²) in [5.41, 5.74) is 3.13. The van der Waals surface area contributed by atoms with Crippen LogP contribution >= 0.6 is 0 Å². The molecule has 1 aliphatic rings. The molecule has 0 fully saturated rings. The van der Waals surface area contributed by atoms with Crippen molar-refractivity contribution in [2.75, 3.05) is 12.4 Å². The van der Waals surface area contributed by atoms with Gasteiger partial charge in [-0.3, -0.25) is 9.59 Å². The number of aromatic nitrogens is 1. The van der Waals surface area contributed by atoms with Crippen LogP contribution in [0.2, 0.25) is 0 Å². The van der Waals surface area contributed by atoms with E-state index < -0.39 is 17.8 Å². The summed E-state index contributed by atoms with van der Waals surface area (Å²) < 4.78 is 16.3. The van der Waals surface area contributed by atoms with Crippen molar-refractivity contribution in [1.29, 1.82) is 0 Å². The lowest BCUT2D eigenvalue weighted by atomic mass is 9.79. The molecule has 32 heavy (non-hydrogen) atoms. The molecule has 2 amide bonds. The number of rotatable bonds is 3. The van der Waals surface area contributed by atoms with Crippen molar-refractivity contribution in [3.63, 3.8) is 0 Å². The molecule has 2 atom stereocenters. The number of halogens is 1. The Bertz CT molecular complexity index is 1360. The van der Waals surface area contributed by atoms with Crippen molar-refractivity contribution in [2.24, 2.45) is 7.05 Å². The average Bonchev–Trinajstić information content (AvgIpc) is 3.14. The smallest absolute Gasteiger partial charge is 0.254 e. The molecule has 5 rings (SSSR count). The van der Waals surface area contributed by atoms with E-state index in [1.807, 2.05) is 54.2 Å². The van der Waals surface area contributed by atoms with Crippen molar-refractivity contribution < 1.29 is 14.0 Å². The van der Waals surface area contributed by atoms with Gasteiger partial charge in [-0.1, -0.05) is 48.5 Å². The summed E-state index contributed by atoms with van der Waals surface area (Å²) in [4.78, 5) is 28.5. The summed E-state index contributed by atoms with van der Waals surface area (Å²) in [5, 5.41) is 3.73. The largest absolute Gasteiger partial charge is 0.350 e. The van der Waals surface area contributed by atoms with Gasteiger partial charge in [-0.15, -0.1) is 0 Å². The number of likely N-dealkylation sites (N-methyl/N-ethyl adjacent to an activating group) is 1. The highest BCUT2D eigenvalue weighted by Gasteiger charge is 2.43. The predicted molar refractivity (Wildman–Crippen MR) is 122 cm³/mol. The SMILES string of the molecule is CN1C(=O)c2ccccc2[C@@H](C(=O)Nc2ccccc2F)[C@@H]1c1cn(C)c2ccccc12. The van der Waals surface area contributed by atoms with Crippen LogP contribution in [0.15, 0.2) is 79.0 Å². The van der Waals surface area contributed by atoms with Crippen molar-refractivity contribution in [3.8, 4) is 0 Å². The highest BCUT2D eigenvalue weighted by atomic mass is 19.1. The van der Waals surface area contributed by atoms with E-state index >= 15 is 0 Å². The first-order valence-corrected chi connectivity index (χ1v) is 10.4. The number of carbonyl (C=O) groups is 2. The van der Waals surface area contributed by atoms with E-state index in [0.717, 1.165) is 16.5 Å². The number of carbonyl (C=O) groups excluding carboxylic acids is 2. The van der Waals surface area contributed by atoms with Crippen molar-refractivity contribution in [2.45, 2.75) is 12.0 Å². The van der Waals surface area contributed by atoms with Gasteiger partial charge in [0.25, 0.3) is 5.91 Å². The second-order valence-corrected chi connectivity index (χ2v) is 8.11. The molecular weight excluding hydrogens is 405 g/mol. The van der Waals surface area contributed by atoms with Crippen LogP contribution in [-0.4, -0.2) is 28.3 Å². The second kappa shape index (κ2) is 7.64. The molecule has 160 valence electrons. The van der Waals surface area contributed by atoms with Crippen LogP contribution in [0.1, 0.15) is 33.4 Å². The molecule has 0 aliphatic carbocycles. The molecule has 4 aromatic rings. The third-order valence-electron chi connectivity index (χ3n) is 6.24. The van der Waals surface area contributed by atoms with Gasteiger partial charge in [-0.2, -0.15) is 0 Å². The van der Waals surface area contributed by atoms with Gasteiger partial charge in [0, 0.05) is 42.3 Å². The zero-order valence-corrected chi connectivity index (χ0v) is 17.7. The normalized spacial score (nSPS) is 18.0. The highest BCUT2D eigenvalue weighted by molar-refractivity contribution is 6.05. The fourth-order valence-electron chi connectivity index (χ4n) is 4.73. The van der Waals surface area contributed by atoms with E-state index in [2.05, 4.69) is 5.32 Å². The third kappa shape index (κ3) is 3.07. The summed E-state index contributed by atoms with van der Waals surface area (Å²) in [6, 6.07) is 20.6. The molecule has 6 heteroatoms. The van der Waals surface area contributed by atoms with Gasteiger partial charge in [0.2, 0.25) is 5.91 Å². The molecule has 0 spiro atoms. The van der Waals surface area contributed by atoms with E-state index in [4.69, 9.17) is 0 Å². The van der Waals surface area contributed by atoms with Gasteiger partial charge >= 0.3 is 0 Å². The fourth-order valence-corrected chi connectivity index (χ4v) is 4.73. The number of aryl methyl sites for hydroxylation is 1. The molecule has 5 nitrogen and oxygen atoms in total. The van der Waals surface area contributed by atoms with Crippen LogP contribution in [0.25, 0.3) is 10.9 Å². The van der Waals surface area contributed by atoms with Gasteiger partial charge in [0.05, 0.1) is 17.6 Å². The molecule has 2 heterocycles. The molecule has 1 N–H and O–H groups in total. The van der Waals surface area contributed by atoms with E-state index in [0.29, 0.717) is 11.1 Å². The van der Waals surface area contributed by atoms with Crippen LogP contribution in [0.3, 0.4) is 0 Å². The number of nitrogens with one attached hydrogen (secondary N) is 1. The number of para-hydroxylation sites is 2. The first kappa shape index (κ1) is 20.0. The summed E-state index contributed by atoms with van der Waals surface area (Å²) in [5.74, 6) is -1.72. The number of hydrogen-bond donors (Lipinski definition) is 1. The van der Waals surface area contributed by atoms with Crippen LogP contribution in [0.5, 0.6) is 0 Å². The van der Waals surface area contributed by atoms with E-state index in [1.54, 1.807) is 36.2 Å². The minimum Gasteiger partial charge on any atom is -0.350 e.